The van der Waals surface area contributed by atoms with Gasteiger partial charge >= 0.3 is 6.03 Å². The second kappa shape index (κ2) is 9.72. The zero-order chi connectivity index (χ0) is 23.9. The van der Waals surface area contributed by atoms with Crippen LogP contribution in [0.2, 0.25) is 0 Å². The van der Waals surface area contributed by atoms with Crippen molar-refractivity contribution in [1.29, 1.82) is 0 Å². The lowest BCUT2D eigenvalue weighted by Gasteiger charge is -2.46. The highest BCUT2D eigenvalue weighted by atomic mass is 19.1. The number of aromatic nitrogens is 2. The van der Waals surface area contributed by atoms with Gasteiger partial charge in [-0.25, -0.2) is 9.18 Å². The van der Waals surface area contributed by atoms with E-state index in [1.807, 2.05) is 4.90 Å². The van der Waals surface area contributed by atoms with E-state index in [4.69, 9.17) is 4.52 Å². The largest absolute Gasteiger partial charge is 0.339 e. The Hall–Kier alpha value is -1.74. The molecule has 34 heavy (non-hydrogen) atoms. The predicted octanol–water partition coefficient (Wildman–Crippen LogP) is 3.30. The van der Waals surface area contributed by atoms with Gasteiger partial charge < -0.3 is 14.7 Å². The Morgan fingerprint density at radius 2 is 1.79 bits per heavy atom. The quantitative estimate of drug-likeness (QED) is 0.703. The summed E-state index contributed by atoms with van der Waals surface area (Å²) < 4.78 is 20.6. The van der Waals surface area contributed by atoms with Crippen molar-refractivity contribution >= 4 is 6.03 Å². The van der Waals surface area contributed by atoms with Crippen LogP contribution in [0.1, 0.15) is 83.3 Å². The van der Waals surface area contributed by atoms with Gasteiger partial charge in [0.25, 0.3) is 0 Å². The number of carbonyl (C=O) groups excluding carboxylic acids is 1. The maximum Gasteiger partial charge on any atom is 0.317 e. The Balaban J connectivity index is 1.17. The summed E-state index contributed by atoms with van der Waals surface area (Å²) in [5.74, 6) is 1.98. The molecule has 0 spiro atoms. The SMILES string of the molecule is CC(C)N1CCN(C2CCCC(F)[C@@H]2NC(=O)N2CCC(C)(c3noc(C4CC4)n3)CC2)CC1. The Labute approximate surface area is 202 Å². The first-order valence-electron chi connectivity index (χ1n) is 13.4. The van der Waals surface area contributed by atoms with Gasteiger partial charge in [0.15, 0.2) is 5.82 Å². The van der Waals surface area contributed by atoms with E-state index in [0.717, 1.165) is 76.4 Å². The highest BCUT2D eigenvalue weighted by Gasteiger charge is 2.42. The molecule has 0 bridgehead atoms. The summed E-state index contributed by atoms with van der Waals surface area (Å²) in [4.78, 5) is 24.6. The maximum absolute atomic E-state index is 15.1. The lowest BCUT2D eigenvalue weighted by molar-refractivity contribution is 0.0264. The minimum Gasteiger partial charge on any atom is -0.339 e. The van der Waals surface area contributed by atoms with Crippen LogP contribution in [0.4, 0.5) is 9.18 Å². The van der Waals surface area contributed by atoms with Crippen LogP contribution in [0.3, 0.4) is 0 Å². The van der Waals surface area contributed by atoms with Crippen LogP contribution in [0, 0.1) is 0 Å². The van der Waals surface area contributed by atoms with Crippen LogP contribution in [0.5, 0.6) is 0 Å². The molecule has 4 aliphatic rings. The molecule has 2 saturated heterocycles. The van der Waals surface area contributed by atoms with Crippen LogP contribution in [0.25, 0.3) is 0 Å². The summed E-state index contributed by atoms with van der Waals surface area (Å²) in [6.07, 6.45) is 5.23. The van der Waals surface area contributed by atoms with E-state index in [9.17, 15) is 4.79 Å². The minimum absolute atomic E-state index is 0.0808. The van der Waals surface area contributed by atoms with Crippen molar-refractivity contribution in [1.82, 2.24) is 30.2 Å². The van der Waals surface area contributed by atoms with Crippen molar-refractivity contribution in [3.05, 3.63) is 11.7 Å². The van der Waals surface area contributed by atoms with E-state index >= 15 is 4.39 Å². The monoisotopic (exact) mass is 476 g/mol. The number of piperidine rings is 1. The van der Waals surface area contributed by atoms with Gasteiger partial charge in [0.05, 0.1) is 6.04 Å². The first kappa shape index (κ1) is 24.0. The Morgan fingerprint density at radius 3 is 2.44 bits per heavy atom. The first-order chi connectivity index (χ1) is 16.3. The molecule has 3 heterocycles. The average molecular weight is 477 g/mol. The number of hydrogen-bond donors (Lipinski definition) is 1. The van der Waals surface area contributed by atoms with Gasteiger partial charge in [-0.1, -0.05) is 12.1 Å². The number of nitrogens with zero attached hydrogens (tertiary/aromatic N) is 5. The number of hydrogen-bond acceptors (Lipinski definition) is 6. The third-order valence-electron chi connectivity index (χ3n) is 8.68. The number of amides is 2. The first-order valence-corrected chi connectivity index (χ1v) is 13.4. The Morgan fingerprint density at radius 1 is 1.09 bits per heavy atom. The molecule has 0 radical (unpaired) electrons. The smallest absolute Gasteiger partial charge is 0.317 e. The number of likely N-dealkylation sites (tertiary alicyclic amines) is 1. The van der Waals surface area contributed by atoms with Gasteiger partial charge in [-0.15, -0.1) is 0 Å². The van der Waals surface area contributed by atoms with Gasteiger partial charge in [-0.3, -0.25) is 9.80 Å². The van der Waals surface area contributed by atoms with Gasteiger partial charge in [0.2, 0.25) is 5.89 Å². The van der Waals surface area contributed by atoms with Crippen molar-refractivity contribution in [3.63, 3.8) is 0 Å². The van der Waals surface area contributed by atoms with Gasteiger partial charge in [0.1, 0.15) is 6.17 Å². The highest BCUT2D eigenvalue weighted by molar-refractivity contribution is 5.75. The van der Waals surface area contributed by atoms with Crippen LogP contribution in [0.15, 0.2) is 4.52 Å². The molecule has 3 atom stereocenters. The van der Waals surface area contributed by atoms with Crippen LogP contribution in [-0.4, -0.2) is 94.4 Å². The number of nitrogens with one attached hydrogen (secondary N) is 1. The fraction of sp³-hybridized carbons (Fsp3) is 0.880. The number of carbonyl (C=O) groups is 1. The van der Waals surface area contributed by atoms with Crippen LogP contribution >= 0.6 is 0 Å². The summed E-state index contributed by atoms with van der Waals surface area (Å²) in [6.45, 7) is 11.8. The molecular weight excluding hydrogens is 435 g/mol. The van der Waals surface area contributed by atoms with Crippen molar-refractivity contribution in [2.24, 2.45) is 0 Å². The number of urea groups is 1. The molecule has 2 unspecified atom stereocenters. The summed E-state index contributed by atoms with van der Waals surface area (Å²) in [7, 11) is 0. The van der Waals surface area contributed by atoms with Crippen molar-refractivity contribution in [3.8, 4) is 0 Å². The molecule has 1 aromatic rings. The Bertz CT molecular complexity index is 842. The van der Waals surface area contributed by atoms with Crippen molar-refractivity contribution in [2.75, 3.05) is 39.3 Å². The molecule has 4 fully saturated rings. The molecule has 9 heteroatoms. The molecule has 190 valence electrons. The van der Waals surface area contributed by atoms with Crippen LogP contribution < -0.4 is 5.32 Å². The summed E-state index contributed by atoms with van der Waals surface area (Å²) in [6, 6.07) is 0.0559. The third kappa shape index (κ3) is 4.96. The number of rotatable bonds is 5. The summed E-state index contributed by atoms with van der Waals surface area (Å²) in [5.41, 5.74) is -0.181. The maximum atomic E-state index is 15.1. The average Bonchev–Trinajstić information content (AvgIpc) is 3.56. The number of halogens is 1. The minimum atomic E-state index is -0.985. The van der Waals surface area contributed by atoms with Crippen molar-refractivity contribution in [2.45, 2.75) is 101 Å². The fourth-order valence-electron chi connectivity index (χ4n) is 5.94. The highest BCUT2D eigenvalue weighted by Crippen LogP contribution is 2.41. The molecule has 2 aliphatic heterocycles. The lowest BCUT2D eigenvalue weighted by Crippen LogP contribution is -2.63. The van der Waals surface area contributed by atoms with Gasteiger partial charge in [0, 0.05) is 62.7 Å². The molecular formula is C25H41FN6O2. The van der Waals surface area contributed by atoms with Gasteiger partial charge in [-0.2, -0.15) is 4.98 Å². The second-order valence-corrected chi connectivity index (χ2v) is 11.4. The summed E-state index contributed by atoms with van der Waals surface area (Å²) in [5, 5.41) is 7.38. The predicted molar refractivity (Wildman–Crippen MR) is 128 cm³/mol. The molecule has 5 rings (SSSR count). The topological polar surface area (TPSA) is 77.7 Å². The van der Waals surface area contributed by atoms with E-state index in [2.05, 4.69) is 46.0 Å². The van der Waals surface area contributed by atoms with E-state index in [1.54, 1.807) is 0 Å². The van der Waals surface area contributed by atoms with E-state index in [0.29, 0.717) is 31.5 Å². The zero-order valence-corrected chi connectivity index (χ0v) is 21.0. The molecule has 2 aliphatic carbocycles. The Kier molecular flexibility index (Phi) is 6.86. The van der Waals surface area contributed by atoms with Crippen LogP contribution in [-0.2, 0) is 5.41 Å². The molecule has 1 aromatic heterocycles. The molecule has 0 aromatic carbocycles. The molecule has 8 nitrogen and oxygen atoms in total. The van der Waals surface area contributed by atoms with Crippen molar-refractivity contribution < 1.29 is 13.7 Å². The molecule has 1 N–H and O–H groups in total. The van der Waals surface area contributed by atoms with E-state index in [1.165, 1.54) is 0 Å². The number of alkyl halides is 1. The fourth-order valence-corrected chi connectivity index (χ4v) is 5.94. The normalized spacial score (nSPS) is 31.1. The number of piperazine rings is 1. The molecule has 2 saturated carbocycles. The molecule has 2 amide bonds. The van der Waals surface area contributed by atoms with E-state index < -0.39 is 12.2 Å². The summed E-state index contributed by atoms with van der Waals surface area (Å²) >= 11 is 0. The standard InChI is InChI=1S/C25H41FN6O2/c1-17(2)30-13-15-31(16-14-30)20-6-4-5-19(26)21(20)27-24(33)32-11-9-25(3,10-12-32)23-28-22(34-29-23)18-7-8-18/h17-21H,4-16H2,1-3H3,(H,27,33)/t19?,20?,21-/m0/s1. The van der Waals surface area contributed by atoms with Gasteiger partial charge in [-0.05, 0) is 58.8 Å². The zero-order valence-electron chi connectivity index (χ0n) is 21.0. The lowest BCUT2D eigenvalue weighted by atomic mass is 9.79. The third-order valence-corrected chi connectivity index (χ3v) is 8.68. The second-order valence-electron chi connectivity index (χ2n) is 11.4. The van der Waals surface area contributed by atoms with E-state index in [-0.39, 0.29) is 17.5 Å².